The highest BCUT2D eigenvalue weighted by molar-refractivity contribution is 7.03. The van der Waals surface area contributed by atoms with Crippen LogP contribution in [0.5, 0.6) is 5.75 Å². The third kappa shape index (κ3) is 5.96. The Hall–Kier alpha value is -3.59. The lowest BCUT2D eigenvalue weighted by atomic mass is 9.93. The third-order valence-corrected chi connectivity index (χ3v) is 6.71. The van der Waals surface area contributed by atoms with E-state index in [-0.39, 0.29) is 18.1 Å². The van der Waals surface area contributed by atoms with Gasteiger partial charge in [-0.15, -0.1) is 13.2 Å². The Morgan fingerprint density at radius 2 is 1.97 bits per heavy atom. The number of ether oxygens (including phenoxy) is 1. The predicted octanol–water partition coefficient (Wildman–Crippen LogP) is 2.48. The highest BCUT2D eigenvalue weighted by atomic mass is 32.1. The molecule has 2 fully saturated rings. The van der Waals surface area contributed by atoms with Gasteiger partial charge < -0.3 is 20.7 Å². The Kier molecular flexibility index (Phi) is 7.21. The quantitative estimate of drug-likeness (QED) is 0.545. The number of hydrogen-bond acceptors (Lipinski definition) is 6. The number of nitrogens with one attached hydrogen (secondary N) is 1. The summed E-state index contributed by atoms with van der Waals surface area (Å²) >= 11 is 1.22. The second kappa shape index (κ2) is 10.2. The van der Waals surface area contributed by atoms with Gasteiger partial charge in [0.15, 0.2) is 0 Å². The molecule has 1 aromatic heterocycles. The predicted molar refractivity (Wildman–Crippen MR) is 124 cm³/mol. The number of nitrogens with two attached hydrogens (primary N) is 1. The molecule has 3 amide bonds. The van der Waals surface area contributed by atoms with Gasteiger partial charge in [0, 0.05) is 11.9 Å². The smallest absolute Gasteiger partial charge is 0.406 e. The summed E-state index contributed by atoms with van der Waals surface area (Å²) in [7, 11) is 0. The number of hydrogen-bond donors (Lipinski definition) is 2. The van der Waals surface area contributed by atoms with Crippen LogP contribution in [0.25, 0.3) is 0 Å². The number of likely N-dealkylation sites (tertiary alicyclic amines) is 1. The summed E-state index contributed by atoms with van der Waals surface area (Å²) in [4.78, 5) is 39.7. The topological polar surface area (TPSA) is 115 Å². The summed E-state index contributed by atoms with van der Waals surface area (Å²) in [6.45, 7) is 0.374. The Labute approximate surface area is 209 Å². The van der Waals surface area contributed by atoms with Crippen molar-refractivity contribution in [3.63, 3.8) is 0 Å². The Morgan fingerprint density at radius 1 is 1.25 bits per heavy atom. The second-order valence-electron chi connectivity index (χ2n) is 8.70. The van der Waals surface area contributed by atoms with Gasteiger partial charge in [0.2, 0.25) is 17.7 Å². The van der Waals surface area contributed by atoms with Crippen LogP contribution < -0.4 is 15.8 Å². The van der Waals surface area contributed by atoms with E-state index in [0.717, 1.165) is 0 Å². The van der Waals surface area contributed by atoms with Gasteiger partial charge in [0.25, 0.3) is 0 Å². The third-order valence-electron chi connectivity index (χ3n) is 6.15. The van der Waals surface area contributed by atoms with Crippen LogP contribution >= 0.6 is 11.5 Å². The molecule has 2 atom stereocenters. The molecule has 0 radical (unpaired) electrons. The Balaban J connectivity index is 1.46. The van der Waals surface area contributed by atoms with Gasteiger partial charge >= 0.3 is 6.36 Å². The number of carbonyl (C=O) groups excluding carboxylic acids is 3. The molecule has 8 nitrogen and oxygen atoms in total. The molecule has 2 heterocycles. The van der Waals surface area contributed by atoms with Gasteiger partial charge in [-0.25, -0.2) is 0 Å². The van der Waals surface area contributed by atoms with Crippen molar-refractivity contribution in [1.29, 1.82) is 0 Å². The molecule has 36 heavy (non-hydrogen) atoms. The van der Waals surface area contributed by atoms with Crippen molar-refractivity contribution in [2.24, 2.45) is 5.73 Å². The lowest BCUT2D eigenvalue weighted by Gasteiger charge is -2.29. The highest BCUT2D eigenvalue weighted by Crippen LogP contribution is 2.50. The lowest BCUT2D eigenvalue weighted by Crippen LogP contribution is -2.51. The normalized spacial score (nSPS) is 19.1. The summed E-state index contributed by atoms with van der Waals surface area (Å²) < 4.78 is 45.4. The van der Waals surface area contributed by atoms with Gasteiger partial charge in [0.05, 0.1) is 17.9 Å². The van der Waals surface area contributed by atoms with E-state index in [9.17, 15) is 27.6 Å². The van der Waals surface area contributed by atoms with Crippen molar-refractivity contribution in [1.82, 2.24) is 14.6 Å². The molecular weight excluding hydrogens is 497 g/mol. The van der Waals surface area contributed by atoms with E-state index in [4.69, 9.17) is 5.73 Å². The van der Waals surface area contributed by atoms with E-state index in [0.29, 0.717) is 43.5 Å². The lowest BCUT2D eigenvalue weighted by molar-refractivity contribution is -0.274. The van der Waals surface area contributed by atoms with Crippen LogP contribution in [0.1, 0.15) is 43.4 Å². The van der Waals surface area contributed by atoms with E-state index in [2.05, 4.69) is 26.3 Å². The maximum atomic E-state index is 13.5. The largest absolute Gasteiger partial charge is 0.573 e. The van der Waals surface area contributed by atoms with Crippen molar-refractivity contribution in [3.05, 3.63) is 47.0 Å². The monoisotopic (exact) mass is 520 g/mol. The van der Waals surface area contributed by atoms with Crippen molar-refractivity contribution in [3.8, 4) is 17.6 Å². The fourth-order valence-corrected chi connectivity index (χ4v) is 4.80. The number of alkyl halides is 3. The molecule has 3 N–H and O–H groups in total. The Morgan fingerprint density at radius 3 is 2.56 bits per heavy atom. The van der Waals surface area contributed by atoms with E-state index >= 15 is 0 Å². The van der Waals surface area contributed by atoms with Crippen molar-refractivity contribution in [2.75, 3.05) is 6.54 Å². The fraction of sp³-hybridized carbons (Fsp3) is 0.417. The first-order chi connectivity index (χ1) is 17.1. The average Bonchev–Trinajstić information content (AvgIpc) is 3.20. The van der Waals surface area contributed by atoms with E-state index < -0.39 is 35.7 Å². The van der Waals surface area contributed by atoms with Gasteiger partial charge in [-0.1, -0.05) is 18.1 Å². The highest BCUT2D eigenvalue weighted by Gasteiger charge is 2.55. The zero-order valence-corrected chi connectivity index (χ0v) is 19.8. The zero-order chi connectivity index (χ0) is 25.9. The summed E-state index contributed by atoms with van der Waals surface area (Å²) in [6, 6.07) is 5.38. The van der Waals surface area contributed by atoms with Crippen LogP contribution in [0, 0.1) is 11.8 Å². The maximum Gasteiger partial charge on any atom is 0.573 e. The number of amides is 3. The van der Waals surface area contributed by atoms with Gasteiger partial charge in [-0.2, -0.15) is 4.37 Å². The summed E-state index contributed by atoms with van der Waals surface area (Å²) in [5.41, 5.74) is 5.52. The van der Waals surface area contributed by atoms with Crippen LogP contribution in [0.2, 0.25) is 0 Å². The van der Waals surface area contributed by atoms with Crippen molar-refractivity contribution >= 4 is 29.3 Å². The molecule has 1 aliphatic heterocycles. The number of carbonyl (C=O) groups is 3. The maximum absolute atomic E-state index is 13.5. The first kappa shape index (κ1) is 25.5. The first-order valence-electron chi connectivity index (χ1n) is 11.3. The summed E-state index contributed by atoms with van der Waals surface area (Å²) in [6.07, 6.45) is -2.89. The summed E-state index contributed by atoms with van der Waals surface area (Å²) in [5.74, 6) is 3.92. The van der Waals surface area contributed by atoms with Crippen molar-refractivity contribution < 1.29 is 32.3 Å². The molecule has 12 heteroatoms. The molecule has 1 saturated heterocycles. The van der Waals surface area contributed by atoms with Crippen LogP contribution in [0.4, 0.5) is 13.2 Å². The molecule has 2 aliphatic rings. The standard InChI is InChI=1S/C24H23F3N4O4S/c25-24(26,27)35-18-7-3-15(4-8-18)23(10-11-23)22(34)31-12-1-2-19(31)21(33)29-17(14-20(28)32)6-5-16-9-13-36-30-16/h3-4,7-9,13,17,19H,1-2,10-12,14H2,(H2,28,32)(H,29,33)/t17-,19+/m1/s1. The SMILES string of the molecule is NC(=O)C[C@@H](C#Cc1ccsn1)NC(=O)[C@@H]1CCCN1C(=O)C1(c2ccc(OC(F)(F)F)cc2)CC1. The minimum Gasteiger partial charge on any atom is -0.406 e. The zero-order valence-electron chi connectivity index (χ0n) is 19.0. The molecule has 0 unspecified atom stereocenters. The van der Waals surface area contributed by atoms with Crippen molar-refractivity contribution in [2.45, 2.75) is 56.0 Å². The van der Waals surface area contributed by atoms with Gasteiger partial charge in [-0.05, 0) is 66.9 Å². The van der Waals surface area contributed by atoms with E-state index in [1.54, 1.807) is 11.4 Å². The van der Waals surface area contributed by atoms with Gasteiger partial charge in [0.1, 0.15) is 17.5 Å². The molecular formula is C24H23F3N4O4S. The van der Waals surface area contributed by atoms with Gasteiger partial charge in [-0.3, -0.25) is 14.4 Å². The molecule has 1 saturated carbocycles. The molecule has 0 bridgehead atoms. The Bertz CT molecular complexity index is 1180. The van der Waals surface area contributed by atoms with E-state index in [1.807, 2.05) is 0 Å². The first-order valence-corrected chi connectivity index (χ1v) is 12.1. The molecule has 4 rings (SSSR count). The van der Waals surface area contributed by atoms with Crippen LogP contribution in [-0.2, 0) is 19.8 Å². The van der Waals surface area contributed by atoms with Crippen LogP contribution in [0.3, 0.4) is 0 Å². The average molecular weight is 521 g/mol. The molecule has 1 aromatic carbocycles. The second-order valence-corrected chi connectivity index (χ2v) is 9.36. The number of rotatable bonds is 7. The number of halogens is 3. The number of benzene rings is 1. The van der Waals surface area contributed by atoms with E-state index in [1.165, 1.54) is 40.7 Å². The molecule has 190 valence electrons. The number of nitrogens with zero attached hydrogens (tertiary/aromatic N) is 2. The van der Waals surface area contributed by atoms with Crippen LogP contribution in [-0.4, -0.2) is 52.0 Å². The number of primary amides is 1. The minimum absolute atomic E-state index is 0.195. The molecule has 2 aromatic rings. The van der Waals surface area contributed by atoms with Crippen LogP contribution in [0.15, 0.2) is 35.7 Å². The summed E-state index contributed by atoms with van der Waals surface area (Å²) in [5, 5.41) is 4.47. The molecule has 0 spiro atoms. The minimum atomic E-state index is -4.80. The molecule has 1 aliphatic carbocycles. The number of aromatic nitrogens is 1. The fourth-order valence-electron chi connectivity index (χ4n) is 4.33.